The van der Waals surface area contributed by atoms with Gasteiger partial charge in [-0.15, -0.1) is 0 Å². The lowest BCUT2D eigenvalue weighted by Crippen LogP contribution is -2.66. The fraction of sp³-hybridized carbons (Fsp3) is 0.500. The van der Waals surface area contributed by atoms with Crippen LogP contribution in [-0.2, 0) is 16.6 Å². The molecule has 0 unspecified atom stereocenters. The Labute approximate surface area is 147 Å². The van der Waals surface area contributed by atoms with Gasteiger partial charge in [0.25, 0.3) is 0 Å². The second kappa shape index (κ2) is 4.80. The lowest BCUT2D eigenvalue weighted by atomic mass is 9.52. The molecule has 2 aliphatic heterocycles. The van der Waals surface area contributed by atoms with Crippen LogP contribution in [0.25, 0.3) is 0 Å². The van der Waals surface area contributed by atoms with E-state index in [1.165, 1.54) is 16.7 Å². The van der Waals surface area contributed by atoms with Crippen molar-refractivity contribution in [3.8, 4) is 11.5 Å². The highest BCUT2D eigenvalue weighted by atomic mass is 16.6. The Balaban J connectivity index is 1.89. The monoisotopic (exact) mass is 341 g/mol. The zero-order valence-electron chi connectivity index (χ0n) is 14.8. The SMILES string of the molecule is COC1=CC=C2[C@@H]3Cc4ccc(OC)c5c4[C@]2(CCN3C)[C@]1(CO)O5. The summed E-state index contributed by atoms with van der Waals surface area (Å²) >= 11 is 0. The highest BCUT2D eigenvalue weighted by molar-refractivity contribution is 5.69. The lowest BCUT2D eigenvalue weighted by molar-refractivity contribution is -0.0491. The van der Waals surface area contributed by atoms with Crippen LogP contribution < -0.4 is 9.47 Å². The molecule has 0 amide bonds. The maximum atomic E-state index is 10.6. The van der Waals surface area contributed by atoms with Crippen molar-refractivity contribution in [2.24, 2.45) is 0 Å². The highest BCUT2D eigenvalue weighted by Crippen LogP contribution is 2.66. The Hall–Kier alpha value is -1.98. The van der Waals surface area contributed by atoms with Crippen molar-refractivity contribution in [2.75, 3.05) is 34.4 Å². The molecule has 0 radical (unpaired) electrons. The van der Waals surface area contributed by atoms with Gasteiger partial charge in [0.15, 0.2) is 11.5 Å². The number of likely N-dealkylation sites (tertiary alicyclic amines) is 1. The second-order valence-electron chi connectivity index (χ2n) is 7.43. The Kier molecular flexibility index (Phi) is 2.94. The quantitative estimate of drug-likeness (QED) is 0.908. The molecule has 25 heavy (non-hydrogen) atoms. The zero-order chi connectivity index (χ0) is 17.4. The van der Waals surface area contributed by atoms with Gasteiger partial charge in [0.1, 0.15) is 5.76 Å². The topological polar surface area (TPSA) is 51.2 Å². The number of hydrogen-bond donors (Lipinski definition) is 1. The van der Waals surface area contributed by atoms with Crippen LogP contribution >= 0.6 is 0 Å². The standard InChI is InChI=1S/C20H23NO4/c1-21-9-8-19-13-5-7-16(24-3)20(19,11-22)25-18-15(23-2)6-4-12(17(18)19)10-14(13)21/h4-7,14,22H,8-11H2,1-3H3/t14-,19+,20+/m0/s1. The molecule has 1 N–H and O–H groups in total. The van der Waals surface area contributed by atoms with Gasteiger partial charge in [-0.2, -0.15) is 0 Å². The molecular weight excluding hydrogens is 318 g/mol. The van der Waals surface area contributed by atoms with Crippen molar-refractivity contribution in [1.29, 1.82) is 0 Å². The van der Waals surface area contributed by atoms with Crippen molar-refractivity contribution < 1.29 is 19.3 Å². The van der Waals surface area contributed by atoms with Gasteiger partial charge in [0, 0.05) is 11.6 Å². The van der Waals surface area contributed by atoms with E-state index in [4.69, 9.17) is 14.2 Å². The number of aliphatic hydroxyl groups is 1. The van der Waals surface area contributed by atoms with E-state index in [1.54, 1.807) is 14.2 Å². The van der Waals surface area contributed by atoms with Crippen molar-refractivity contribution in [2.45, 2.75) is 29.9 Å². The largest absolute Gasteiger partial charge is 0.497 e. The van der Waals surface area contributed by atoms with Crippen molar-refractivity contribution in [3.05, 3.63) is 46.7 Å². The van der Waals surface area contributed by atoms with Gasteiger partial charge in [0.2, 0.25) is 5.60 Å². The molecule has 1 fully saturated rings. The summed E-state index contributed by atoms with van der Waals surface area (Å²) in [7, 11) is 5.50. The minimum absolute atomic E-state index is 0.127. The molecule has 2 heterocycles. The summed E-state index contributed by atoms with van der Waals surface area (Å²) in [6, 6.07) is 4.46. The van der Waals surface area contributed by atoms with Gasteiger partial charge in [-0.25, -0.2) is 0 Å². The summed E-state index contributed by atoms with van der Waals surface area (Å²) in [6.07, 6.45) is 6.00. The van der Waals surface area contributed by atoms with Gasteiger partial charge in [-0.1, -0.05) is 12.1 Å². The number of allylic oxidation sites excluding steroid dienone is 2. The molecule has 2 bridgehead atoms. The number of hydrogen-bond acceptors (Lipinski definition) is 5. The molecule has 132 valence electrons. The van der Waals surface area contributed by atoms with E-state index in [0.717, 1.165) is 30.9 Å². The van der Waals surface area contributed by atoms with E-state index in [-0.39, 0.29) is 12.0 Å². The maximum absolute atomic E-state index is 10.6. The number of benzene rings is 1. The van der Waals surface area contributed by atoms with Crippen LogP contribution in [0.4, 0.5) is 0 Å². The first-order valence-corrected chi connectivity index (χ1v) is 8.80. The van der Waals surface area contributed by atoms with Gasteiger partial charge in [-0.05, 0) is 49.7 Å². The van der Waals surface area contributed by atoms with E-state index in [1.807, 2.05) is 12.1 Å². The molecule has 5 rings (SSSR count). The predicted molar refractivity (Wildman–Crippen MR) is 93.0 cm³/mol. The highest BCUT2D eigenvalue weighted by Gasteiger charge is 2.70. The summed E-state index contributed by atoms with van der Waals surface area (Å²) < 4.78 is 17.8. The molecule has 5 heteroatoms. The Bertz CT molecular complexity index is 829. The van der Waals surface area contributed by atoms with Crippen LogP contribution in [0.15, 0.2) is 35.6 Å². The Morgan fingerprint density at radius 1 is 1.28 bits per heavy atom. The van der Waals surface area contributed by atoms with Gasteiger partial charge >= 0.3 is 0 Å². The molecular formula is C20H23NO4. The van der Waals surface area contributed by atoms with Crippen molar-refractivity contribution in [1.82, 2.24) is 4.90 Å². The molecule has 0 saturated carbocycles. The van der Waals surface area contributed by atoms with E-state index in [0.29, 0.717) is 11.8 Å². The zero-order valence-corrected chi connectivity index (χ0v) is 14.8. The van der Waals surface area contributed by atoms with Crippen LogP contribution in [-0.4, -0.2) is 56.1 Å². The molecule has 0 aromatic heterocycles. The van der Waals surface area contributed by atoms with E-state index < -0.39 is 5.60 Å². The van der Waals surface area contributed by atoms with Crippen molar-refractivity contribution >= 4 is 0 Å². The third-order valence-corrected chi connectivity index (χ3v) is 6.71. The minimum Gasteiger partial charge on any atom is -0.497 e. The normalized spacial score (nSPS) is 34.6. The van der Waals surface area contributed by atoms with Crippen molar-refractivity contribution in [3.63, 3.8) is 0 Å². The van der Waals surface area contributed by atoms with E-state index in [2.05, 4.69) is 24.1 Å². The fourth-order valence-electron chi connectivity index (χ4n) is 5.60. The van der Waals surface area contributed by atoms with Gasteiger partial charge in [0.05, 0.1) is 26.2 Å². The number of piperidine rings is 1. The molecule has 2 aliphatic carbocycles. The number of methoxy groups -OCH3 is 2. The number of ether oxygens (including phenoxy) is 3. The smallest absolute Gasteiger partial charge is 0.202 e. The molecule has 4 aliphatic rings. The predicted octanol–water partition coefficient (Wildman–Crippen LogP) is 1.79. The summed E-state index contributed by atoms with van der Waals surface area (Å²) in [5.41, 5.74) is 2.53. The first-order chi connectivity index (χ1) is 12.1. The lowest BCUT2D eigenvalue weighted by Gasteiger charge is -2.56. The average Bonchev–Trinajstić information content (AvgIpc) is 2.95. The molecule has 1 saturated heterocycles. The molecule has 3 atom stereocenters. The summed E-state index contributed by atoms with van der Waals surface area (Å²) in [5.74, 6) is 2.18. The maximum Gasteiger partial charge on any atom is 0.202 e. The first-order valence-electron chi connectivity index (χ1n) is 8.80. The summed E-state index contributed by atoms with van der Waals surface area (Å²) in [6.45, 7) is 0.831. The molecule has 1 aromatic carbocycles. The fourth-order valence-corrected chi connectivity index (χ4v) is 5.60. The third-order valence-electron chi connectivity index (χ3n) is 6.71. The molecule has 1 spiro atoms. The van der Waals surface area contributed by atoms with Gasteiger partial charge in [-0.3, -0.25) is 4.90 Å². The van der Waals surface area contributed by atoms with Crippen LogP contribution in [0.5, 0.6) is 11.5 Å². The van der Waals surface area contributed by atoms with E-state index in [9.17, 15) is 5.11 Å². The number of aliphatic hydroxyl groups excluding tert-OH is 1. The van der Waals surface area contributed by atoms with Gasteiger partial charge < -0.3 is 19.3 Å². The van der Waals surface area contributed by atoms with Crippen LogP contribution in [0, 0.1) is 0 Å². The summed E-state index contributed by atoms with van der Waals surface area (Å²) in [4.78, 5) is 2.41. The van der Waals surface area contributed by atoms with Crippen LogP contribution in [0.1, 0.15) is 17.5 Å². The van der Waals surface area contributed by atoms with Crippen LogP contribution in [0.2, 0.25) is 0 Å². The number of rotatable bonds is 3. The second-order valence-corrected chi connectivity index (χ2v) is 7.43. The minimum atomic E-state index is -0.905. The molecule has 5 nitrogen and oxygen atoms in total. The Morgan fingerprint density at radius 2 is 2.12 bits per heavy atom. The Morgan fingerprint density at radius 3 is 2.84 bits per heavy atom. The summed E-state index contributed by atoms with van der Waals surface area (Å²) in [5, 5.41) is 10.6. The van der Waals surface area contributed by atoms with Crippen LogP contribution in [0.3, 0.4) is 0 Å². The van der Waals surface area contributed by atoms with E-state index >= 15 is 0 Å². The number of nitrogens with zero attached hydrogens (tertiary/aromatic N) is 1. The number of likely N-dealkylation sites (N-methyl/N-ethyl adjacent to an activating group) is 1. The average molecular weight is 341 g/mol. The molecule has 1 aromatic rings. The first kappa shape index (κ1) is 15.3. The third kappa shape index (κ3) is 1.49.